The lowest BCUT2D eigenvalue weighted by Gasteiger charge is -2.33. The summed E-state index contributed by atoms with van der Waals surface area (Å²) in [7, 11) is 3.17. The summed E-state index contributed by atoms with van der Waals surface area (Å²) in [5.41, 5.74) is 1.19. The van der Waals surface area contributed by atoms with Crippen LogP contribution >= 0.6 is 11.6 Å². The van der Waals surface area contributed by atoms with Gasteiger partial charge in [-0.2, -0.15) is 0 Å². The summed E-state index contributed by atoms with van der Waals surface area (Å²) < 4.78 is 8.48. The van der Waals surface area contributed by atoms with Crippen molar-refractivity contribution < 1.29 is 4.74 Å². The highest BCUT2D eigenvalue weighted by molar-refractivity contribution is 6.30. The molecule has 2 heterocycles. The predicted octanol–water partition coefficient (Wildman–Crippen LogP) is 1.31. The SMILES string of the molecule is Cn1c(CN2CCO[C@@H](c3ccc(Cl)cc3)C2)cc(=O)n(C)c1=O. The van der Waals surface area contributed by atoms with Crippen LogP contribution in [0.25, 0.3) is 0 Å². The van der Waals surface area contributed by atoms with Crippen molar-refractivity contribution in [1.29, 1.82) is 0 Å². The third-order valence-corrected chi connectivity index (χ3v) is 4.66. The standard InChI is InChI=1S/C17H20ClN3O3/c1-19-14(9-16(22)20(2)17(19)23)10-21-7-8-24-15(11-21)12-3-5-13(18)6-4-12/h3-6,9,15H,7-8,10-11H2,1-2H3/t15-/m1/s1. The highest BCUT2D eigenvalue weighted by Gasteiger charge is 2.23. The Labute approximate surface area is 144 Å². The van der Waals surface area contributed by atoms with Crippen LogP contribution in [0.3, 0.4) is 0 Å². The van der Waals surface area contributed by atoms with Crippen LogP contribution in [0.1, 0.15) is 17.4 Å². The summed E-state index contributed by atoms with van der Waals surface area (Å²) in [4.78, 5) is 26.1. The van der Waals surface area contributed by atoms with Crippen molar-refractivity contribution in [1.82, 2.24) is 14.0 Å². The van der Waals surface area contributed by atoms with Gasteiger partial charge in [0.1, 0.15) is 0 Å². The Bertz CT molecular complexity index is 842. The fourth-order valence-electron chi connectivity index (χ4n) is 2.88. The van der Waals surface area contributed by atoms with Gasteiger partial charge in [0.2, 0.25) is 0 Å². The number of halogens is 1. The van der Waals surface area contributed by atoms with Gasteiger partial charge in [0.25, 0.3) is 5.56 Å². The Hall–Kier alpha value is -1.89. The fraction of sp³-hybridized carbons (Fsp3) is 0.412. The molecule has 1 atom stereocenters. The van der Waals surface area contributed by atoms with Crippen molar-refractivity contribution in [2.75, 3.05) is 19.7 Å². The quantitative estimate of drug-likeness (QED) is 0.838. The molecule has 24 heavy (non-hydrogen) atoms. The Morgan fingerprint density at radius 3 is 2.58 bits per heavy atom. The van der Waals surface area contributed by atoms with Crippen LogP contribution in [-0.2, 0) is 25.4 Å². The molecular formula is C17H20ClN3O3. The summed E-state index contributed by atoms with van der Waals surface area (Å²) in [5.74, 6) is 0. The first-order chi connectivity index (χ1) is 11.5. The summed E-state index contributed by atoms with van der Waals surface area (Å²) in [5, 5.41) is 0.696. The monoisotopic (exact) mass is 349 g/mol. The van der Waals surface area contributed by atoms with E-state index in [1.165, 1.54) is 17.7 Å². The fourth-order valence-corrected chi connectivity index (χ4v) is 3.01. The van der Waals surface area contributed by atoms with Gasteiger partial charge in [-0.25, -0.2) is 4.79 Å². The second-order valence-electron chi connectivity index (χ2n) is 6.02. The minimum absolute atomic E-state index is 0.0420. The topological polar surface area (TPSA) is 56.5 Å². The lowest BCUT2D eigenvalue weighted by Crippen LogP contribution is -2.42. The molecule has 7 heteroatoms. The van der Waals surface area contributed by atoms with E-state index in [0.29, 0.717) is 30.4 Å². The molecule has 3 rings (SSSR count). The van der Waals surface area contributed by atoms with Gasteiger partial charge in [-0.15, -0.1) is 0 Å². The molecule has 1 aliphatic heterocycles. The van der Waals surface area contributed by atoms with Gasteiger partial charge in [-0.3, -0.25) is 18.8 Å². The Kier molecular flexibility index (Phi) is 4.89. The first-order valence-corrected chi connectivity index (χ1v) is 8.19. The van der Waals surface area contributed by atoms with E-state index >= 15 is 0 Å². The maximum Gasteiger partial charge on any atom is 0.330 e. The van der Waals surface area contributed by atoms with E-state index in [9.17, 15) is 9.59 Å². The van der Waals surface area contributed by atoms with Crippen LogP contribution in [0, 0.1) is 0 Å². The first-order valence-electron chi connectivity index (χ1n) is 7.81. The zero-order valence-corrected chi connectivity index (χ0v) is 14.5. The number of nitrogens with zero attached hydrogens (tertiary/aromatic N) is 3. The molecule has 1 aliphatic rings. The first kappa shape index (κ1) is 17.0. The van der Waals surface area contributed by atoms with Crippen LogP contribution in [0.4, 0.5) is 0 Å². The predicted molar refractivity (Wildman–Crippen MR) is 92.3 cm³/mol. The maximum absolute atomic E-state index is 12.0. The molecular weight excluding hydrogens is 330 g/mol. The van der Waals surface area contributed by atoms with Crippen LogP contribution in [0.2, 0.25) is 5.02 Å². The number of aromatic nitrogens is 2. The number of hydrogen-bond acceptors (Lipinski definition) is 4. The van der Waals surface area contributed by atoms with Crippen molar-refractivity contribution in [2.45, 2.75) is 12.6 Å². The number of morpholine rings is 1. The molecule has 0 bridgehead atoms. The smallest absolute Gasteiger partial charge is 0.330 e. The Morgan fingerprint density at radius 1 is 1.17 bits per heavy atom. The average molecular weight is 350 g/mol. The van der Waals surface area contributed by atoms with Crippen molar-refractivity contribution in [3.05, 3.63) is 67.4 Å². The van der Waals surface area contributed by atoms with Gasteiger partial charge in [0, 0.05) is 50.5 Å². The van der Waals surface area contributed by atoms with Gasteiger partial charge in [0.05, 0.1) is 12.7 Å². The van der Waals surface area contributed by atoms with E-state index in [2.05, 4.69) is 4.90 Å². The molecule has 1 fully saturated rings. The number of rotatable bonds is 3. The van der Waals surface area contributed by atoms with Crippen molar-refractivity contribution in [3.8, 4) is 0 Å². The molecule has 6 nitrogen and oxygen atoms in total. The van der Waals surface area contributed by atoms with E-state index in [-0.39, 0.29) is 17.4 Å². The molecule has 1 aromatic carbocycles. The summed E-state index contributed by atoms with van der Waals surface area (Å²) >= 11 is 5.93. The van der Waals surface area contributed by atoms with Gasteiger partial charge >= 0.3 is 5.69 Å². The van der Waals surface area contributed by atoms with E-state index in [1.54, 1.807) is 7.05 Å². The van der Waals surface area contributed by atoms with Crippen LogP contribution in [0.15, 0.2) is 39.9 Å². The van der Waals surface area contributed by atoms with E-state index < -0.39 is 0 Å². The highest BCUT2D eigenvalue weighted by atomic mass is 35.5. The molecule has 1 aromatic heterocycles. The van der Waals surface area contributed by atoms with E-state index in [4.69, 9.17) is 16.3 Å². The summed E-state index contributed by atoms with van der Waals surface area (Å²) in [6.45, 7) is 2.60. The third kappa shape index (κ3) is 3.45. The van der Waals surface area contributed by atoms with E-state index in [0.717, 1.165) is 16.7 Å². The molecule has 128 valence electrons. The second-order valence-corrected chi connectivity index (χ2v) is 6.46. The minimum Gasteiger partial charge on any atom is -0.371 e. The molecule has 0 amide bonds. The summed E-state index contributed by atoms with van der Waals surface area (Å²) in [6.07, 6.45) is -0.0420. The lowest BCUT2D eigenvalue weighted by molar-refractivity contribution is -0.0336. The molecule has 0 unspecified atom stereocenters. The zero-order chi connectivity index (χ0) is 17.3. The molecule has 0 saturated carbocycles. The van der Waals surface area contributed by atoms with Gasteiger partial charge in [0.15, 0.2) is 0 Å². The maximum atomic E-state index is 12.0. The van der Waals surface area contributed by atoms with Crippen LogP contribution < -0.4 is 11.2 Å². The molecule has 0 N–H and O–H groups in total. The zero-order valence-electron chi connectivity index (χ0n) is 13.7. The molecule has 2 aromatic rings. The summed E-state index contributed by atoms with van der Waals surface area (Å²) in [6, 6.07) is 9.15. The van der Waals surface area contributed by atoms with Crippen LogP contribution in [-0.4, -0.2) is 33.7 Å². The van der Waals surface area contributed by atoms with Crippen molar-refractivity contribution in [2.24, 2.45) is 14.1 Å². The Balaban J connectivity index is 1.78. The minimum atomic E-state index is -0.306. The number of benzene rings is 1. The Morgan fingerprint density at radius 2 is 1.88 bits per heavy atom. The highest BCUT2D eigenvalue weighted by Crippen LogP contribution is 2.24. The van der Waals surface area contributed by atoms with Gasteiger partial charge in [-0.1, -0.05) is 23.7 Å². The van der Waals surface area contributed by atoms with E-state index in [1.807, 2.05) is 24.3 Å². The second kappa shape index (κ2) is 6.93. The van der Waals surface area contributed by atoms with Crippen LogP contribution in [0.5, 0.6) is 0 Å². The average Bonchev–Trinajstić information content (AvgIpc) is 2.59. The number of hydrogen-bond donors (Lipinski definition) is 0. The molecule has 0 spiro atoms. The number of ether oxygens (including phenoxy) is 1. The van der Waals surface area contributed by atoms with Crippen molar-refractivity contribution >= 4 is 11.6 Å². The normalized spacial score (nSPS) is 18.7. The molecule has 0 radical (unpaired) electrons. The van der Waals surface area contributed by atoms with Gasteiger partial charge < -0.3 is 4.74 Å². The molecule has 1 saturated heterocycles. The van der Waals surface area contributed by atoms with Crippen molar-refractivity contribution in [3.63, 3.8) is 0 Å². The lowest BCUT2D eigenvalue weighted by atomic mass is 10.1. The van der Waals surface area contributed by atoms with Gasteiger partial charge in [-0.05, 0) is 17.7 Å². The molecule has 0 aliphatic carbocycles. The third-order valence-electron chi connectivity index (χ3n) is 4.40. The largest absolute Gasteiger partial charge is 0.371 e.